The van der Waals surface area contributed by atoms with Crippen molar-refractivity contribution in [2.75, 3.05) is 12.4 Å². The van der Waals surface area contributed by atoms with Crippen LogP contribution < -0.4 is 10.1 Å². The molecule has 4 aromatic rings. The van der Waals surface area contributed by atoms with Gasteiger partial charge in [-0.3, -0.25) is 4.79 Å². The Hall–Kier alpha value is -3.45. The molecule has 0 aliphatic rings. The van der Waals surface area contributed by atoms with Gasteiger partial charge in [0.15, 0.2) is 11.3 Å². The van der Waals surface area contributed by atoms with Crippen molar-refractivity contribution >= 4 is 28.8 Å². The third kappa shape index (κ3) is 3.05. The number of rotatable bonds is 4. The van der Waals surface area contributed by atoms with E-state index in [9.17, 15) is 4.79 Å². The summed E-state index contributed by atoms with van der Waals surface area (Å²) in [5, 5.41) is 16.0. The second-order valence-corrected chi connectivity index (χ2v) is 6.47. The summed E-state index contributed by atoms with van der Waals surface area (Å²) in [6.07, 6.45) is 1.69. The number of hydrogen-bond donors (Lipinski definition) is 1. The topological polar surface area (TPSA) is 81.4 Å². The van der Waals surface area contributed by atoms with Crippen molar-refractivity contribution in [3.63, 3.8) is 0 Å². The maximum atomic E-state index is 12.7. The normalized spacial score (nSPS) is 10.8. The number of amides is 1. The second-order valence-electron chi connectivity index (χ2n) is 6.06. The molecule has 0 saturated heterocycles. The maximum Gasteiger partial charge on any atom is 0.278 e. The van der Waals surface area contributed by atoms with Crippen LogP contribution in [-0.2, 0) is 0 Å². The molecular weight excluding hydrogens is 378 g/mol. The number of fused-ring (bicyclic) bond motifs is 1. The molecule has 0 bridgehead atoms. The molecule has 0 aliphatic heterocycles. The Labute approximate surface area is 165 Å². The molecule has 140 valence electrons. The summed E-state index contributed by atoms with van der Waals surface area (Å²) in [6.45, 7) is 1.77. The van der Waals surface area contributed by atoms with Gasteiger partial charge >= 0.3 is 0 Å². The lowest BCUT2D eigenvalue weighted by atomic mass is 10.1. The fourth-order valence-corrected chi connectivity index (χ4v) is 3.15. The Morgan fingerprint density at radius 1 is 1.07 bits per heavy atom. The summed E-state index contributed by atoms with van der Waals surface area (Å²) in [6, 6.07) is 14.6. The van der Waals surface area contributed by atoms with Gasteiger partial charge in [0.1, 0.15) is 5.75 Å². The number of benzene rings is 2. The average molecular weight is 394 g/mol. The van der Waals surface area contributed by atoms with Crippen molar-refractivity contribution in [2.45, 2.75) is 6.92 Å². The first-order chi connectivity index (χ1) is 13.6. The van der Waals surface area contributed by atoms with Gasteiger partial charge in [-0.2, -0.15) is 5.10 Å². The molecule has 1 amide bonds. The number of nitrogens with zero attached hydrogens (tertiary/aromatic N) is 4. The van der Waals surface area contributed by atoms with Crippen molar-refractivity contribution in [3.8, 4) is 16.9 Å². The Morgan fingerprint density at radius 3 is 2.61 bits per heavy atom. The highest BCUT2D eigenvalue weighted by molar-refractivity contribution is 6.33. The van der Waals surface area contributed by atoms with Gasteiger partial charge in [0.25, 0.3) is 5.91 Å². The van der Waals surface area contributed by atoms with Gasteiger partial charge in [-0.15, -0.1) is 10.2 Å². The summed E-state index contributed by atoms with van der Waals surface area (Å²) in [4.78, 5) is 12.7. The first kappa shape index (κ1) is 17.9. The number of aryl methyl sites for hydroxylation is 1. The molecule has 0 radical (unpaired) electrons. The molecule has 0 spiro atoms. The van der Waals surface area contributed by atoms with E-state index in [1.807, 2.05) is 24.3 Å². The molecule has 2 aromatic carbocycles. The van der Waals surface area contributed by atoms with Crippen LogP contribution in [0.3, 0.4) is 0 Å². The molecule has 0 unspecified atom stereocenters. The van der Waals surface area contributed by atoms with Crippen LogP contribution in [0.2, 0.25) is 5.02 Å². The van der Waals surface area contributed by atoms with E-state index in [1.54, 1.807) is 49.0 Å². The quantitative estimate of drug-likeness (QED) is 0.566. The summed E-state index contributed by atoms with van der Waals surface area (Å²) >= 11 is 6.11. The SMILES string of the molecule is COc1ccccc1-c1cnn2c(C)c(C(=O)Nc3ccccc3Cl)nnc12. The van der Waals surface area contributed by atoms with Crippen LogP contribution in [0.25, 0.3) is 16.8 Å². The van der Waals surface area contributed by atoms with Crippen LogP contribution in [-0.4, -0.2) is 32.8 Å². The molecule has 0 fully saturated rings. The zero-order valence-electron chi connectivity index (χ0n) is 15.2. The molecule has 0 aliphatic carbocycles. The van der Waals surface area contributed by atoms with Crippen molar-refractivity contribution in [2.24, 2.45) is 0 Å². The highest BCUT2D eigenvalue weighted by Gasteiger charge is 2.20. The summed E-state index contributed by atoms with van der Waals surface area (Å²) in [7, 11) is 1.61. The third-order valence-corrected chi connectivity index (χ3v) is 4.71. The van der Waals surface area contributed by atoms with E-state index in [0.717, 1.165) is 11.1 Å². The lowest BCUT2D eigenvalue weighted by molar-refractivity contribution is 0.102. The fraction of sp³-hybridized carbons (Fsp3) is 0.100. The number of para-hydroxylation sites is 2. The van der Waals surface area contributed by atoms with E-state index in [1.165, 1.54) is 0 Å². The average Bonchev–Trinajstić information content (AvgIpc) is 3.14. The molecule has 28 heavy (non-hydrogen) atoms. The standard InChI is InChI=1S/C20H16ClN5O2/c1-12-18(20(27)23-16-9-5-4-8-15(16)21)24-25-19-14(11-22-26(12)19)13-7-3-6-10-17(13)28-2/h3-11H,1-2H3,(H,23,27). The van der Waals surface area contributed by atoms with E-state index in [-0.39, 0.29) is 5.69 Å². The van der Waals surface area contributed by atoms with Gasteiger partial charge in [-0.25, -0.2) is 4.52 Å². The van der Waals surface area contributed by atoms with Crippen LogP contribution in [0.4, 0.5) is 5.69 Å². The number of carbonyl (C=O) groups is 1. The fourth-order valence-electron chi connectivity index (χ4n) is 2.96. The molecule has 2 heterocycles. The van der Waals surface area contributed by atoms with E-state index < -0.39 is 5.91 Å². The van der Waals surface area contributed by atoms with Crippen LogP contribution in [0, 0.1) is 6.92 Å². The first-order valence-corrected chi connectivity index (χ1v) is 8.88. The van der Waals surface area contributed by atoms with Crippen molar-refractivity contribution in [1.29, 1.82) is 0 Å². The number of halogens is 1. The molecule has 2 aromatic heterocycles. The Balaban J connectivity index is 1.75. The molecule has 4 rings (SSSR count). The number of carbonyl (C=O) groups excluding carboxylic acids is 1. The smallest absolute Gasteiger partial charge is 0.278 e. The van der Waals surface area contributed by atoms with Gasteiger partial charge in [-0.05, 0) is 25.1 Å². The zero-order chi connectivity index (χ0) is 19.7. The molecule has 8 heteroatoms. The largest absolute Gasteiger partial charge is 0.496 e. The van der Waals surface area contributed by atoms with E-state index in [2.05, 4.69) is 20.6 Å². The Morgan fingerprint density at radius 2 is 1.82 bits per heavy atom. The van der Waals surface area contributed by atoms with Gasteiger partial charge in [-0.1, -0.05) is 41.9 Å². The number of nitrogens with one attached hydrogen (secondary N) is 1. The zero-order valence-corrected chi connectivity index (χ0v) is 15.9. The van der Waals surface area contributed by atoms with Crippen molar-refractivity contribution in [3.05, 3.63) is 71.1 Å². The van der Waals surface area contributed by atoms with Crippen molar-refractivity contribution < 1.29 is 9.53 Å². The number of hydrogen-bond acceptors (Lipinski definition) is 5. The number of ether oxygens (including phenoxy) is 1. The third-order valence-electron chi connectivity index (χ3n) is 4.38. The summed E-state index contributed by atoms with van der Waals surface area (Å²) in [5.41, 5.74) is 3.40. The molecule has 0 saturated carbocycles. The van der Waals surface area contributed by atoms with E-state index >= 15 is 0 Å². The predicted octanol–water partition coefficient (Wildman–Crippen LogP) is 4.01. The molecule has 1 N–H and O–H groups in total. The van der Waals surface area contributed by atoms with Crippen LogP contribution >= 0.6 is 11.6 Å². The highest BCUT2D eigenvalue weighted by atomic mass is 35.5. The van der Waals surface area contributed by atoms with Crippen LogP contribution in [0.1, 0.15) is 16.2 Å². The number of aromatic nitrogens is 4. The highest BCUT2D eigenvalue weighted by Crippen LogP contribution is 2.32. The summed E-state index contributed by atoms with van der Waals surface area (Å²) in [5.74, 6) is 0.298. The minimum Gasteiger partial charge on any atom is -0.496 e. The Kier molecular flexibility index (Phi) is 4.67. The van der Waals surface area contributed by atoms with E-state index in [0.29, 0.717) is 27.8 Å². The van der Waals surface area contributed by atoms with E-state index in [4.69, 9.17) is 16.3 Å². The lowest BCUT2D eigenvalue weighted by Crippen LogP contribution is -2.18. The van der Waals surface area contributed by atoms with Crippen molar-refractivity contribution in [1.82, 2.24) is 19.8 Å². The van der Waals surface area contributed by atoms with Gasteiger partial charge < -0.3 is 10.1 Å². The summed E-state index contributed by atoms with van der Waals surface area (Å²) < 4.78 is 7.02. The number of methoxy groups -OCH3 is 1. The molecule has 0 atom stereocenters. The van der Waals surface area contributed by atoms with Gasteiger partial charge in [0.2, 0.25) is 0 Å². The predicted molar refractivity (Wildman–Crippen MR) is 107 cm³/mol. The van der Waals surface area contributed by atoms with Gasteiger partial charge in [0.05, 0.1) is 35.3 Å². The lowest BCUT2D eigenvalue weighted by Gasteiger charge is -2.09. The maximum absolute atomic E-state index is 12.7. The molecule has 7 nitrogen and oxygen atoms in total. The van der Waals surface area contributed by atoms with Crippen LogP contribution in [0.15, 0.2) is 54.7 Å². The Bertz CT molecular complexity index is 1190. The van der Waals surface area contributed by atoms with Crippen LogP contribution in [0.5, 0.6) is 5.75 Å². The minimum atomic E-state index is -0.408. The second kappa shape index (κ2) is 7.28. The number of anilines is 1. The van der Waals surface area contributed by atoms with Gasteiger partial charge in [0, 0.05) is 5.56 Å². The molecular formula is C20H16ClN5O2. The monoisotopic (exact) mass is 393 g/mol. The first-order valence-electron chi connectivity index (χ1n) is 8.50. The minimum absolute atomic E-state index is 0.169.